The molecule has 0 aromatic heterocycles. The van der Waals surface area contributed by atoms with E-state index in [2.05, 4.69) is 20.8 Å². The van der Waals surface area contributed by atoms with Gasteiger partial charge in [0.2, 0.25) is 0 Å². The van der Waals surface area contributed by atoms with E-state index in [1.54, 1.807) is 0 Å². The van der Waals surface area contributed by atoms with Crippen molar-refractivity contribution in [3.63, 3.8) is 0 Å². The zero-order valence-electron chi connectivity index (χ0n) is 9.64. The average molecular weight is 189 g/mol. The van der Waals surface area contributed by atoms with Crippen molar-refractivity contribution in [1.29, 1.82) is 0 Å². The summed E-state index contributed by atoms with van der Waals surface area (Å²) in [5.74, 6) is 0.802. The van der Waals surface area contributed by atoms with Gasteiger partial charge < -0.3 is 10.9 Å². The van der Waals surface area contributed by atoms with Crippen molar-refractivity contribution in [2.75, 3.05) is 13.2 Å². The third kappa shape index (κ3) is 9.84. The zero-order chi connectivity index (χ0) is 9.23. The molecule has 0 heterocycles. The average Bonchev–Trinajstić information content (AvgIpc) is 2.11. The summed E-state index contributed by atoms with van der Waals surface area (Å²) in [6.07, 6.45) is 6.42. The quantitative estimate of drug-likeness (QED) is 0.590. The molecule has 0 bridgehead atoms. The lowest BCUT2D eigenvalue weighted by Gasteiger charge is -2.13. The molecule has 0 aliphatic heterocycles. The SMILES string of the molecule is CCCCC(CC)COCCC.N. The molecule has 0 saturated heterocycles. The van der Waals surface area contributed by atoms with Gasteiger partial charge in [0, 0.05) is 13.2 Å². The third-order valence-electron chi connectivity index (χ3n) is 2.25. The molecule has 0 spiro atoms. The van der Waals surface area contributed by atoms with E-state index in [9.17, 15) is 0 Å². The van der Waals surface area contributed by atoms with Gasteiger partial charge in [0.05, 0.1) is 0 Å². The summed E-state index contributed by atoms with van der Waals surface area (Å²) in [5.41, 5.74) is 0. The highest BCUT2D eigenvalue weighted by atomic mass is 16.5. The number of rotatable bonds is 8. The van der Waals surface area contributed by atoms with Crippen LogP contribution in [0.5, 0.6) is 0 Å². The molecule has 0 aromatic carbocycles. The second-order valence-corrected chi connectivity index (χ2v) is 3.49. The Morgan fingerprint density at radius 1 is 1.08 bits per heavy atom. The van der Waals surface area contributed by atoms with Crippen molar-refractivity contribution < 1.29 is 4.74 Å². The van der Waals surface area contributed by atoms with E-state index in [0.717, 1.165) is 25.6 Å². The maximum atomic E-state index is 5.53. The molecule has 0 aliphatic carbocycles. The molecule has 1 atom stereocenters. The first-order chi connectivity index (χ1) is 5.85. The predicted molar refractivity (Wildman–Crippen MR) is 59.4 cm³/mol. The van der Waals surface area contributed by atoms with Crippen molar-refractivity contribution in [2.24, 2.45) is 5.92 Å². The van der Waals surface area contributed by atoms with E-state index in [4.69, 9.17) is 4.74 Å². The highest BCUT2D eigenvalue weighted by molar-refractivity contribution is 4.55. The first-order valence-corrected chi connectivity index (χ1v) is 5.42. The maximum absolute atomic E-state index is 5.53. The summed E-state index contributed by atoms with van der Waals surface area (Å²) < 4.78 is 5.53. The van der Waals surface area contributed by atoms with Gasteiger partial charge in [0.1, 0.15) is 0 Å². The third-order valence-corrected chi connectivity index (χ3v) is 2.25. The molecule has 0 aliphatic rings. The molecule has 1 unspecified atom stereocenters. The lowest BCUT2D eigenvalue weighted by Crippen LogP contribution is -2.09. The van der Waals surface area contributed by atoms with Gasteiger partial charge in [-0.2, -0.15) is 0 Å². The van der Waals surface area contributed by atoms with Crippen LogP contribution in [0.2, 0.25) is 0 Å². The van der Waals surface area contributed by atoms with Crippen molar-refractivity contribution >= 4 is 0 Å². The fraction of sp³-hybridized carbons (Fsp3) is 1.00. The van der Waals surface area contributed by atoms with E-state index in [0.29, 0.717) is 0 Å². The standard InChI is InChI=1S/C11H24O.H3N/c1-4-7-8-11(6-3)10-12-9-5-2;/h11H,4-10H2,1-3H3;1H3. The number of unbranched alkanes of at least 4 members (excludes halogenated alkanes) is 1. The molecular weight excluding hydrogens is 162 g/mol. The van der Waals surface area contributed by atoms with E-state index in [-0.39, 0.29) is 6.15 Å². The van der Waals surface area contributed by atoms with Crippen LogP contribution in [0.1, 0.15) is 52.9 Å². The van der Waals surface area contributed by atoms with Crippen LogP contribution in [0, 0.1) is 5.92 Å². The molecule has 0 aromatic rings. The Labute approximate surface area is 83.6 Å². The molecule has 0 amide bonds. The van der Waals surface area contributed by atoms with Gasteiger partial charge >= 0.3 is 0 Å². The minimum Gasteiger partial charge on any atom is -0.381 e. The highest BCUT2D eigenvalue weighted by Crippen LogP contribution is 2.12. The molecule has 13 heavy (non-hydrogen) atoms. The van der Waals surface area contributed by atoms with Crippen LogP contribution >= 0.6 is 0 Å². The van der Waals surface area contributed by atoms with Gasteiger partial charge in [-0.15, -0.1) is 0 Å². The van der Waals surface area contributed by atoms with Gasteiger partial charge in [0.25, 0.3) is 0 Å². The predicted octanol–water partition coefficient (Wildman–Crippen LogP) is 3.79. The first kappa shape index (κ1) is 15.4. The second-order valence-electron chi connectivity index (χ2n) is 3.49. The van der Waals surface area contributed by atoms with Crippen LogP contribution in [-0.2, 0) is 4.74 Å². The fourth-order valence-corrected chi connectivity index (χ4v) is 1.29. The van der Waals surface area contributed by atoms with Gasteiger partial charge in [-0.3, -0.25) is 0 Å². The monoisotopic (exact) mass is 189 g/mol. The number of hydrogen-bond donors (Lipinski definition) is 1. The molecule has 0 radical (unpaired) electrons. The van der Waals surface area contributed by atoms with E-state index < -0.39 is 0 Å². The lowest BCUT2D eigenvalue weighted by molar-refractivity contribution is 0.0944. The largest absolute Gasteiger partial charge is 0.381 e. The van der Waals surface area contributed by atoms with E-state index >= 15 is 0 Å². The van der Waals surface area contributed by atoms with Crippen LogP contribution < -0.4 is 6.15 Å². The van der Waals surface area contributed by atoms with Gasteiger partial charge in [-0.1, -0.05) is 40.0 Å². The Kier molecular flexibility index (Phi) is 14.1. The van der Waals surface area contributed by atoms with Gasteiger partial charge in [-0.25, -0.2) is 0 Å². The summed E-state index contributed by atoms with van der Waals surface area (Å²) in [5, 5.41) is 0. The summed E-state index contributed by atoms with van der Waals surface area (Å²) in [6.45, 7) is 8.58. The van der Waals surface area contributed by atoms with Crippen LogP contribution in [0.3, 0.4) is 0 Å². The van der Waals surface area contributed by atoms with Crippen LogP contribution in [-0.4, -0.2) is 13.2 Å². The zero-order valence-corrected chi connectivity index (χ0v) is 9.64. The molecule has 2 heteroatoms. The molecule has 0 rings (SSSR count). The lowest BCUT2D eigenvalue weighted by atomic mass is 10.0. The normalized spacial score (nSPS) is 12.2. The molecule has 82 valence electrons. The molecule has 0 saturated carbocycles. The fourth-order valence-electron chi connectivity index (χ4n) is 1.29. The minimum atomic E-state index is 0. The smallest absolute Gasteiger partial charge is 0.0494 e. The van der Waals surface area contributed by atoms with Crippen molar-refractivity contribution in [3.8, 4) is 0 Å². The second kappa shape index (κ2) is 11.9. The first-order valence-electron chi connectivity index (χ1n) is 5.42. The number of hydrogen-bond acceptors (Lipinski definition) is 2. The summed E-state index contributed by atoms with van der Waals surface area (Å²) in [7, 11) is 0. The minimum absolute atomic E-state index is 0. The van der Waals surface area contributed by atoms with Crippen molar-refractivity contribution in [2.45, 2.75) is 52.9 Å². The van der Waals surface area contributed by atoms with Crippen LogP contribution in [0.15, 0.2) is 0 Å². The van der Waals surface area contributed by atoms with Crippen molar-refractivity contribution in [1.82, 2.24) is 6.15 Å². The molecular formula is C11H27NO. The summed E-state index contributed by atoms with van der Waals surface area (Å²) >= 11 is 0. The Morgan fingerprint density at radius 3 is 2.23 bits per heavy atom. The van der Waals surface area contributed by atoms with Crippen LogP contribution in [0.4, 0.5) is 0 Å². The van der Waals surface area contributed by atoms with E-state index in [1.807, 2.05) is 0 Å². The maximum Gasteiger partial charge on any atom is 0.0494 e. The Bertz CT molecular complexity index is 86.2. The Hall–Kier alpha value is -0.0800. The molecule has 2 nitrogen and oxygen atoms in total. The van der Waals surface area contributed by atoms with Crippen LogP contribution in [0.25, 0.3) is 0 Å². The highest BCUT2D eigenvalue weighted by Gasteiger charge is 2.04. The Morgan fingerprint density at radius 2 is 1.77 bits per heavy atom. The number of ether oxygens (including phenoxy) is 1. The summed E-state index contributed by atoms with van der Waals surface area (Å²) in [6, 6.07) is 0. The van der Waals surface area contributed by atoms with Gasteiger partial charge in [0.15, 0.2) is 0 Å². The Balaban J connectivity index is 0. The van der Waals surface area contributed by atoms with E-state index in [1.165, 1.54) is 25.7 Å². The summed E-state index contributed by atoms with van der Waals surface area (Å²) in [4.78, 5) is 0. The molecule has 0 fully saturated rings. The molecule has 3 N–H and O–H groups in total. The van der Waals surface area contributed by atoms with Crippen molar-refractivity contribution in [3.05, 3.63) is 0 Å². The van der Waals surface area contributed by atoms with Gasteiger partial charge in [-0.05, 0) is 18.8 Å². The topological polar surface area (TPSA) is 44.2 Å².